The number of rotatable bonds is 2. The van der Waals surface area contributed by atoms with E-state index < -0.39 is 0 Å². The van der Waals surface area contributed by atoms with E-state index in [1.165, 1.54) is 32.4 Å². The minimum absolute atomic E-state index is 0.397. The number of hydrogen-bond acceptors (Lipinski definition) is 3. The molecule has 1 aliphatic heterocycles. The molecule has 1 aromatic heterocycles. The van der Waals surface area contributed by atoms with Crippen molar-refractivity contribution in [2.45, 2.75) is 32.2 Å². The highest BCUT2D eigenvalue weighted by Gasteiger charge is 2.18. The summed E-state index contributed by atoms with van der Waals surface area (Å²) in [4.78, 5) is 6.88. The first-order valence-electron chi connectivity index (χ1n) is 5.74. The van der Waals surface area contributed by atoms with Gasteiger partial charge in [-0.2, -0.15) is 0 Å². The molecule has 1 aromatic rings. The van der Waals surface area contributed by atoms with Crippen LogP contribution in [0.3, 0.4) is 0 Å². The first-order chi connectivity index (χ1) is 7.27. The van der Waals surface area contributed by atoms with E-state index >= 15 is 0 Å². The van der Waals surface area contributed by atoms with Crippen LogP contribution in [-0.4, -0.2) is 23.0 Å². The molecule has 0 radical (unpaired) electrons. The Morgan fingerprint density at radius 1 is 1.27 bits per heavy atom. The molecule has 3 nitrogen and oxygen atoms in total. The second-order valence-electron chi connectivity index (χ2n) is 4.26. The van der Waals surface area contributed by atoms with Crippen LogP contribution in [-0.2, 0) is 0 Å². The maximum atomic E-state index is 5.70. The fourth-order valence-corrected chi connectivity index (χ4v) is 2.19. The first kappa shape index (κ1) is 10.4. The van der Waals surface area contributed by atoms with Crippen molar-refractivity contribution in [2.75, 3.05) is 18.8 Å². The Labute approximate surface area is 91.3 Å². The van der Waals surface area contributed by atoms with Crippen molar-refractivity contribution in [3.05, 3.63) is 23.9 Å². The number of nitrogens with zero attached hydrogens (tertiary/aromatic N) is 2. The molecule has 1 atom stereocenters. The average molecular weight is 205 g/mol. The lowest BCUT2D eigenvalue weighted by molar-refractivity contribution is 0.172. The monoisotopic (exact) mass is 205 g/mol. The Hall–Kier alpha value is -1.09. The van der Waals surface area contributed by atoms with Gasteiger partial charge in [0, 0.05) is 6.04 Å². The van der Waals surface area contributed by atoms with E-state index in [1.807, 2.05) is 12.1 Å². The molecule has 3 heteroatoms. The summed E-state index contributed by atoms with van der Waals surface area (Å²) in [7, 11) is 0. The number of nitrogen functional groups attached to an aromatic ring is 1. The molecular weight excluding hydrogens is 186 g/mol. The quantitative estimate of drug-likeness (QED) is 0.805. The van der Waals surface area contributed by atoms with Gasteiger partial charge in [0.25, 0.3) is 0 Å². The highest BCUT2D eigenvalue weighted by atomic mass is 15.2. The highest BCUT2D eigenvalue weighted by molar-refractivity contribution is 5.29. The van der Waals surface area contributed by atoms with Crippen LogP contribution < -0.4 is 5.73 Å². The number of pyridine rings is 1. The van der Waals surface area contributed by atoms with Gasteiger partial charge in [0.1, 0.15) is 5.82 Å². The van der Waals surface area contributed by atoms with Gasteiger partial charge in [0.15, 0.2) is 0 Å². The van der Waals surface area contributed by atoms with E-state index in [4.69, 9.17) is 5.73 Å². The molecule has 1 aliphatic rings. The van der Waals surface area contributed by atoms with Gasteiger partial charge < -0.3 is 5.73 Å². The van der Waals surface area contributed by atoms with Crippen molar-refractivity contribution >= 4 is 5.82 Å². The Balaban J connectivity index is 2.08. The van der Waals surface area contributed by atoms with Crippen LogP contribution in [0.25, 0.3) is 0 Å². The van der Waals surface area contributed by atoms with Gasteiger partial charge >= 0.3 is 0 Å². The Bertz CT molecular complexity index is 318. The van der Waals surface area contributed by atoms with Crippen molar-refractivity contribution in [2.24, 2.45) is 0 Å². The third kappa shape index (κ3) is 2.48. The minimum atomic E-state index is 0.397. The molecule has 2 heterocycles. The zero-order valence-electron chi connectivity index (χ0n) is 9.32. The molecule has 2 rings (SSSR count). The maximum Gasteiger partial charge on any atom is 0.123 e. The van der Waals surface area contributed by atoms with E-state index in [9.17, 15) is 0 Å². The van der Waals surface area contributed by atoms with Gasteiger partial charge in [-0.05, 0) is 45.0 Å². The van der Waals surface area contributed by atoms with Crippen molar-refractivity contribution in [1.29, 1.82) is 0 Å². The Morgan fingerprint density at radius 2 is 2.00 bits per heavy atom. The van der Waals surface area contributed by atoms with Crippen LogP contribution in [0.4, 0.5) is 5.82 Å². The summed E-state index contributed by atoms with van der Waals surface area (Å²) >= 11 is 0. The molecular formula is C12H19N3. The molecule has 1 fully saturated rings. The minimum Gasteiger partial charge on any atom is -0.384 e. The van der Waals surface area contributed by atoms with Crippen LogP contribution in [0, 0.1) is 0 Å². The summed E-state index contributed by atoms with van der Waals surface area (Å²) < 4.78 is 0. The van der Waals surface area contributed by atoms with Crippen molar-refractivity contribution in [1.82, 2.24) is 9.88 Å². The second-order valence-corrected chi connectivity index (χ2v) is 4.26. The van der Waals surface area contributed by atoms with E-state index in [1.54, 1.807) is 0 Å². The number of nitrogens with two attached hydrogens (primary N) is 1. The molecule has 2 N–H and O–H groups in total. The van der Waals surface area contributed by atoms with Gasteiger partial charge in [-0.25, -0.2) is 4.98 Å². The molecule has 0 amide bonds. The molecule has 0 spiro atoms. The van der Waals surface area contributed by atoms with E-state index in [2.05, 4.69) is 22.9 Å². The smallest absolute Gasteiger partial charge is 0.123 e. The van der Waals surface area contributed by atoms with Crippen LogP contribution in [0.5, 0.6) is 0 Å². The average Bonchev–Trinajstić information content (AvgIpc) is 2.29. The largest absolute Gasteiger partial charge is 0.384 e. The Kier molecular flexibility index (Phi) is 3.21. The highest BCUT2D eigenvalue weighted by Crippen LogP contribution is 2.22. The lowest BCUT2D eigenvalue weighted by Crippen LogP contribution is -2.32. The van der Waals surface area contributed by atoms with Gasteiger partial charge in [0.05, 0.1) is 5.69 Å². The third-order valence-electron chi connectivity index (χ3n) is 3.16. The fourth-order valence-electron chi connectivity index (χ4n) is 2.19. The summed E-state index contributed by atoms with van der Waals surface area (Å²) in [5, 5.41) is 0. The van der Waals surface area contributed by atoms with E-state index in [0.29, 0.717) is 11.9 Å². The normalized spacial score (nSPS) is 20.1. The van der Waals surface area contributed by atoms with Crippen LogP contribution in [0.1, 0.15) is 37.9 Å². The molecule has 0 aromatic carbocycles. The van der Waals surface area contributed by atoms with Gasteiger partial charge in [-0.1, -0.05) is 12.5 Å². The molecule has 0 saturated carbocycles. The number of anilines is 1. The fraction of sp³-hybridized carbons (Fsp3) is 0.583. The first-order valence-corrected chi connectivity index (χ1v) is 5.74. The van der Waals surface area contributed by atoms with Crippen molar-refractivity contribution < 1.29 is 0 Å². The summed E-state index contributed by atoms with van der Waals surface area (Å²) in [6, 6.07) is 6.29. The molecule has 0 aliphatic carbocycles. The summed E-state index contributed by atoms with van der Waals surface area (Å²) in [5.41, 5.74) is 6.79. The topological polar surface area (TPSA) is 42.1 Å². The van der Waals surface area contributed by atoms with Gasteiger partial charge in [-0.15, -0.1) is 0 Å². The SMILES string of the molecule is C[C@@H](c1cccc(N)n1)N1CCCCC1. The third-order valence-corrected chi connectivity index (χ3v) is 3.16. The molecule has 0 unspecified atom stereocenters. The van der Waals surface area contributed by atoms with Crippen LogP contribution in [0.15, 0.2) is 18.2 Å². The van der Waals surface area contributed by atoms with Crippen molar-refractivity contribution in [3.8, 4) is 0 Å². The molecule has 15 heavy (non-hydrogen) atoms. The summed E-state index contributed by atoms with van der Waals surface area (Å²) in [6.45, 7) is 4.60. The van der Waals surface area contributed by atoms with Crippen LogP contribution >= 0.6 is 0 Å². The van der Waals surface area contributed by atoms with E-state index in [-0.39, 0.29) is 0 Å². The summed E-state index contributed by atoms with van der Waals surface area (Å²) in [6.07, 6.45) is 3.99. The Morgan fingerprint density at radius 3 is 2.67 bits per heavy atom. The van der Waals surface area contributed by atoms with Crippen LogP contribution in [0.2, 0.25) is 0 Å². The van der Waals surface area contributed by atoms with Gasteiger partial charge in [0.2, 0.25) is 0 Å². The molecule has 1 saturated heterocycles. The van der Waals surface area contributed by atoms with Gasteiger partial charge in [-0.3, -0.25) is 4.90 Å². The number of likely N-dealkylation sites (tertiary alicyclic amines) is 1. The summed E-state index contributed by atoms with van der Waals surface area (Å²) in [5.74, 6) is 0.622. The van der Waals surface area contributed by atoms with E-state index in [0.717, 1.165) is 5.69 Å². The molecule has 82 valence electrons. The lowest BCUT2D eigenvalue weighted by Gasteiger charge is -2.31. The maximum absolute atomic E-state index is 5.70. The zero-order chi connectivity index (χ0) is 10.7. The number of aromatic nitrogens is 1. The predicted molar refractivity (Wildman–Crippen MR) is 62.5 cm³/mol. The zero-order valence-corrected chi connectivity index (χ0v) is 9.32. The predicted octanol–water partition coefficient (Wildman–Crippen LogP) is 2.21. The van der Waals surface area contributed by atoms with Crippen molar-refractivity contribution in [3.63, 3.8) is 0 Å². The number of hydrogen-bond donors (Lipinski definition) is 1. The standard InChI is InChI=1S/C12H19N3/c1-10(15-8-3-2-4-9-15)11-6-5-7-12(13)14-11/h5-7,10H,2-4,8-9H2,1H3,(H2,13,14)/t10-/m0/s1. The molecule has 0 bridgehead atoms. The second kappa shape index (κ2) is 4.62. The lowest BCUT2D eigenvalue weighted by atomic mass is 10.1. The number of piperidine rings is 1.